The molecule has 1 aliphatic rings. The predicted molar refractivity (Wildman–Crippen MR) is 167 cm³/mol. The number of rotatable bonds is 11. The van der Waals surface area contributed by atoms with E-state index in [-0.39, 0.29) is 18.0 Å². The molecule has 1 fully saturated rings. The number of hydrogen-bond acceptors (Lipinski definition) is 4. The molecule has 1 saturated carbocycles. The molecule has 1 N–H and O–H groups in total. The van der Waals surface area contributed by atoms with Gasteiger partial charge < -0.3 is 24.2 Å². The summed E-state index contributed by atoms with van der Waals surface area (Å²) in [7, 11) is 5.82. The van der Waals surface area contributed by atoms with Crippen LogP contribution < -0.4 is 4.74 Å². The maximum atomic E-state index is 13.6. The first-order valence-corrected chi connectivity index (χ1v) is 14.9. The molecule has 4 aromatic rings. The largest absolute Gasteiger partial charge is 0.489 e. The number of amides is 1. The molecular weight excluding hydrogens is 526 g/mol. The van der Waals surface area contributed by atoms with Gasteiger partial charge in [0.25, 0.3) is 0 Å². The number of likely N-dealkylation sites (N-methyl/N-ethyl adjacent to an activating group) is 2. The van der Waals surface area contributed by atoms with Crippen LogP contribution in [0.1, 0.15) is 59.5 Å². The van der Waals surface area contributed by atoms with Gasteiger partial charge in [-0.25, -0.2) is 4.79 Å². The van der Waals surface area contributed by atoms with E-state index in [2.05, 4.69) is 21.6 Å². The van der Waals surface area contributed by atoms with Gasteiger partial charge in [0.1, 0.15) is 18.9 Å². The lowest BCUT2D eigenvalue weighted by Crippen LogP contribution is -2.35. The van der Waals surface area contributed by atoms with Crippen LogP contribution in [-0.4, -0.2) is 65.6 Å². The number of ether oxygens (including phenoxy) is 1. The van der Waals surface area contributed by atoms with Crippen LogP contribution in [0.4, 0.5) is 0 Å². The minimum Gasteiger partial charge on any atom is -0.489 e. The summed E-state index contributed by atoms with van der Waals surface area (Å²) < 4.78 is 8.12. The molecule has 220 valence electrons. The Kier molecular flexibility index (Phi) is 9.28. The molecule has 0 atom stereocenters. The van der Waals surface area contributed by atoms with Crippen LogP contribution in [0.2, 0.25) is 0 Å². The molecule has 0 unspecified atom stereocenters. The first-order chi connectivity index (χ1) is 20.3. The zero-order valence-electron chi connectivity index (χ0n) is 24.9. The normalized spacial score (nSPS) is 13.9. The lowest BCUT2D eigenvalue weighted by molar-refractivity contribution is -0.130. The summed E-state index contributed by atoms with van der Waals surface area (Å²) in [6.07, 6.45) is 5.74. The number of carbonyl (C=O) groups is 2. The van der Waals surface area contributed by atoms with Crippen molar-refractivity contribution in [1.82, 2.24) is 14.4 Å². The maximum Gasteiger partial charge on any atom is 0.335 e. The van der Waals surface area contributed by atoms with E-state index in [0.29, 0.717) is 19.1 Å². The topological polar surface area (TPSA) is 75.0 Å². The highest BCUT2D eigenvalue weighted by Gasteiger charge is 2.28. The molecule has 0 aliphatic heterocycles. The van der Waals surface area contributed by atoms with Gasteiger partial charge in [-0.1, -0.05) is 55.7 Å². The summed E-state index contributed by atoms with van der Waals surface area (Å²) in [5, 5.41) is 10.9. The number of fused-ring (bicyclic) bond motifs is 1. The fourth-order valence-electron chi connectivity index (χ4n) is 5.97. The first kappa shape index (κ1) is 29.4. The number of nitrogens with zero attached hydrogens (tertiary/aromatic N) is 3. The lowest BCUT2D eigenvalue weighted by Gasteiger charge is -2.24. The van der Waals surface area contributed by atoms with Crippen LogP contribution in [0, 0.1) is 0 Å². The quantitative estimate of drug-likeness (QED) is 0.220. The van der Waals surface area contributed by atoms with E-state index in [4.69, 9.17) is 4.74 Å². The van der Waals surface area contributed by atoms with E-state index in [0.717, 1.165) is 52.9 Å². The van der Waals surface area contributed by atoms with Crippen molar-refractivity contribution in [3.8, 4) is 17.0 Å². The van der Waals surface area contributed by atoms with Crippen LogP contribution >= 0.6 is 0 Å². The molecule has 0 spiro atoms. The minimum absolute atomic E-state index is 0.00580. The second-order valence-electron chi connectivity index (χ2n) is 11.6. The summed E-state index contributed by atoms with van der Waals surface area (Å²) in [4.78, 5) is 29.4. The van der Waals surface area contributed by atoms with Crippen LogP contribution in [0.5, 0.6) is 5.75 Å². The van der Waals surface area contributed by atoms with Gasteiger partial charge in [-0.2, -0.15) is 0 Å². The molecular formula is C35H41N3O4. The smallest absolute Gasteiger partial charge is 0.335 e. The van der Waals surface area contributed by atoms with Crippen molar-refractivity contribution < 1.29 is 19.4 Å². The number of carboxylic acid groups (broad SMARTS) is 1. The third kappa shape index (κ3) is 6.68. The number of hydrogen-bond donors (Lipinski definition) is 1. The summed E-state index contributed by atoms with van der Waals surface area (Å²) in [6.45, 7) is 2.00. The highest BCUT2D eigenvalue weighted by molar-refractivity contribution is 5.99. The third-order valence-corrected chi connectivity index (χ3v) is 8.34. The van der Waals surface area contributed by atoms with Crippen LogP contribution in [0.15, 0.2) is 72.8 Å². The van der Waals surface area contributed by atoms with Gasteiger partial charge in [-0.05, 0) is 85.9 Å². The Labute approximate surface area is 248 Å². The van der Waals surface area contributed by atoms with Crippen molar-refractivity contribution in [1.29, 1.82) is 0 Å². The molecule has 7 heteroatoms. The number of carbonyl (C=O) groups excluding carboxylic acids is 1. The van der Waals surface area contributed by atoms with Gasteiger partial charge in [0.05, 0.1) is 16.8 Å². The van der Waals surface area contributed by atoms with E-state index in [1.807, 2.05) is 69.7 Å². The fraction of sp³-hybridized carbons (Fsp3) is 0.371. The van der Waals surface area contributed by atoms with Crippen LogP contribution in [0.3, 0.4) is 0 Å². The highest BCUT2D eigenvalue weighted by atomic mass is 16.5. The van der Waals surface area contributed by atoms with E-state index in [1.54, 1.807) is 17.0 Å². The van der Waals surface area contributed by atoms with Crippen molar-refractivity contribution in [3.63, 3.8) is 0 Å². The summed E-state index contributed by atoms with van der Waals surface area (Å²) in [5.74, 6) is 0.148. The third-order valence-electron chi connectivity index (χ3n) is 8.34. The van der Waals surface area contributed by atoms with Crippen molar-refractivity contribution in [2.45, 2.75) is 51.2 Å². The fourth-order valence-corrected chi connectivity index (χ4v) is 5.97. The van der Waals surface area contributed by atoms with Crippen molar-refractivity contribution >= 4 is 22.8 Å². The number of benzene rings is 3. The molecule has 0 saturated heterocycles. The van der Waals surface area contributed by atoms with Gasteiger partial charge in [0.15, 0.2) is 0 Å². The van der Waals surface area contributed by atoms with Gasteiger partial charge in [0, 0.05) is 25.5 Å². The number of aromatic nitrogens is 1. The highest BCUT2D eigenvalue weighted by Crippen LogP contribution is 2.44. The van der Waals surface area contributed by atoms with Crippen molar-refractivity contribution in [2.75, 3.05) is 34.2 Å². The van der Waals surface area contributed by atoms with E-state index < -0.39 is 5.97 Å². The standard InChI is InChI=1S/C35H41N3O4/c1-36(2)20-21-37(3)32(39)23-38-31-22-28(35(40)41)16-19-30(31)33(26-12-8-5-9-13-26)34(38)27-14-17-29(18-15-27)42-24-25-10-6-4-7-11-25/h4,6-7,10-11,14-19,22,26H,5,8-9,12-13,20-21,23-24H2,1-3H3,(H,40,41). The molecule has 1 amide bonds. The second-order valence-corrected chi connectivity index (χ2v) is 11.6. The molecule has 0 bridgehead atoms. The average Bonchev–Trinajstić information content (AvgIpc) is 3.33. The van der Waals surface area contributed by atoms with E-state index in [9.17, 15) is 14.7 Å². The molecule has 7 nitrogen and oxygen atoms in total. The van der Waals surface area contributed by atoms with Crippen LogP contribution in [-0.2, 0) is 17.9 Å². The lowest BCUT2D eigenvalue weighted by atomic mass is 9.82. The van der Waals surface area contributed by atoms with Gasteiger partial charge in [0.2, 0.25) is 5.91 Å². The van der Waals surface area contributed by atoms with Crippen molar-refractivity contribution in [3.05, 3.63) is 89.5 Å². The number of carboxylic acids is 1. The molecule has 1 heterocycles. The average molecular weight is 568 g/mol. The molecule has 42 heavy (non-hydrogen) atoms. The minimum atomic E-state index is -0.972. The Balaban J connectivity index is 1.58. The van der Waals surface area contributed by atoms with E-state index >= 15 is 0 Å². The van der Waals surface area contributed by atoms with Gasteiger partial charge in [-0.15, -0.1) is 0 Å². The summed E-state index contributed by atoms with van der Waals surface area (Å²) in [6, 6.07) is 23.6. The molecule has 1 aromatic heterocycles. The zero-order chi connectivity index (χ0) is 29.6. The summed E-state index contributed by atoms with van der Waals surface area (Å²) in [5.41, 5.74) is 5.35. The maximum absolute atomic E-state index is 13.6. The zero-order valence-corrected chi connectivity index (χ0v) is 24.9. The summed E-state index contributed by atoms with van der Waals surface area (Å²) >= 11 is 0. The monoisotopic (exact) mass is 567 g/mol. The second kappa shape index (κ2) is 13.3. The van der Waals surface area contributed by atoms with Crippen molar-refractivity contribution in [2.24, 2.45) is 0 Å². The van der Waals surface area contributed by atoms with Gasteiger partial charge >= 0.3 is 5.97 Å². The van der Waals surface area contributed by atoms with E-state index in [1.165, 1.54) is 24.8 Å². The predicted octanol–water partition coefficient (Wildman–Crippen LogP) is 6.65. The van der Waals surface area contributed by atoms with Crippen LogP contribution in [0.25, 0.3) is 22.2 Å². The Morgan fingerprint density at radius 3 is 2.29 bits per heavy atom. The SMILES string of the molecule is CN(C)CCN(C)C(=O)Cn1c(-c2ccc(OCc3ccccc3)cc2)c(C2CCCCC2)c2ccc(C(=O)O)cc21. The van der Waals surface area contributed by atoms with Gasteiger partial charge in [-0.3, -0.25) is 4.79 Å². The Morgan fingerprint density at radius 2 is 1.62 bits per heavy atom. The molecule has 5 rings (SSSR count). The Hall–Kier alpha value is -4.10. The molecule has 0 radical (unpaired) electrons. The molecule has 1 aliphatic carbocycles. The Bertz CT molecular complexity index is 1520. The first-order valence-electron chi connectivity index (χ1n) is 14.9. The number of aromatic carboxylic acids is 1. The molecule has 3 aromatic carbocycles. The Morgan fingerprint density at radius 1 is 0.905 bits per heavy atom.